The van der Waals surface area contributed by atoms with E-state index in [0.717, 1.165) is 10.2 Å². The molecule has 0 aromatic rings. The predicted octanol–water partition coefficient (Wildman–Crippen LogP) is 1.24. The quantitative estimate of drug-likeness (QED) is 0.557. The molecule has 0 rings (SSSR count). The van der Waals surface area contributed by atoms with Crippen LogP contribution in [0.4, 0.5) is 0 Å². The fraction of sp³-hybridized carbons (Fsp3) is 0.800. The van der Waals surface area contributed by atoms with Gasteiger partial charge in [-0.15, -0.1) is 0 Å². The second-order valence-corrected chi connectivity index (χ2v) is 10.0. The van der Waals surface area contributed by atoms with E-state index in [1.807, 2.05) is 52.1 Å². The topological polar surface area (TPSA) is 13.0 Å². The minimum atomic E-state index is -1.86. The second-order valence-electron chi connectivity index (χ2n) is 4.97. The third-order valence-electron chi connectivity index (χ3n) is 2.98. The SMILES string of the molecule is CN(C)C(=S)N(C)[Si](C)(C)N(C)C(=S)N(C)C. The Bertz CT molecular complexity index is 277. The average molecular weight is 293 g/mol. The molecule has 0 unspecified atom stereocenters. The molecule has 0 aliphatic rings. The van der Waals surface area contributed by atoms with E-state index in [-0.39, 0.29) is 0 Å². The maximum absolute atomic E-state index is 5.42. The zero-order valence-corrected chi connectivity index (χ0v) is 14.7. The normalized spacial score (nSPS) is 10.8. The molecule has 0 aliphatic heterocycles. The third-order valence-corrected chi connectivity index (χ3v) is 8.29. The van der Waals surface area contributed by atoms with Gasteiger partial charge in [-0.1, -0.05) is 0 Å². The van der Waals surface area contributed by atoms with E-state index >= 15 is 0 Å². The molecule has 0 saturated heterocycles. The van der Waals surface area contributed by atoms with Crippen molar-refractivity contribution < 1.29 is 0 Å². The number of nitrogens with zero attached hydrogens (tertiary/aromatic N) is 4. The highest BCUT2D eigenvalue weighted by Crippen LogP contribution is 2.15. The van der Waals surface area contributed by atoms with Crippen molar-refractivity contribution in [1.29, 1.82) is 0 Å². The molecule has 0 aliphatic carbocycles. The Labute approximate surface area is 117 Å². The highest BCUT2D eigenvalue weighted by atomic mass is 32.1. The second kappa shape index (κ2) is 5.97. The van der Waals surface area contributed by atoms with E-state index in [4.69, 9.17) is 24.4 Å². The van der Waals surface area contributed by atoms with Crippen LogP contribution in [0.3, 0.4) is 0 Å². The van der Waals surface area contributed by atoms with E-state index in [9.17, 15) is 0 Å². The largest absolute Gasteiger partial charge is 0.361 e. The maximum Gasteiger partial charge on any atom is 0.261 e. The van der Waals surface area contributed by atoms with Crippen LogP contribution < -0.4 is 0 Å². The number of rotatable bonds is 2. The lowest BCUT2D eigenvalue weighted by molar-refractivity contribution is 0.495. The highest BCUT2D eigenvalue weighted by Gasteiger charge is 2.36. The van der Waals surface area contributed by atoms with Crippen molar-refractivity contribution in [3.05, 3.63) is 0 Å². The highest BCUT2D eigenvalue weighted by molar-refractivity contribution is 7.80. The molecular formula is C10H24N4S2Si. The lowest BCUT2D eigenvalue weighted by atomic mass is 10.8. The molecule has 4 nitrogen and oxygen atoms in total. The zero-order valence-electron chi connectivity index (χ0n) is 12.1. The van der Waals surface area contributed by atoms with Gasteiger partial charge in [0.25, 0.3) is 8.40 Å². The van der Waals surface area contributed by atoms with Gasteiger partial charge in [0.05, 0.1) is 0 Å². The number of thiocarbonyl (C=S) groups is 2. The standard InChI is InChI=1S/C10H24N4S2Si/c1-11(2)9(15)13(5)17(7,8)14(6)10(16)12(3)4/h1-8H3. The lowest BCUT2D eigenvalue weighted by Crippen LogP contribution is -2.65. The predicted molar refractivity (Wildman–Crippen MR) is 85.6 cm³/mol. The van der Waals surface area contributed by atoms with Crippen LogP contribution in [0.1, 0.15) is 0 Å². The summed E-state index contributed by atoms with van der Waals surface area (Å²) in [5.41, 5.74) is 0. The molecule has 0 heterocycles. The summed E-state index contributed by atoms with van der Waals surface area (Å²) in [6, 6.07) is 0. The first kappa shape index (κ1) is 16.6. The smallest absolute Gasteiger partial charge is 0.261 e. The van der Waals surface area contributed by atoms with Crippen molar-refractivity contribution in [2.24, 2.45) is 0 Å². The van der Waals surface area contributed by atoms with E-state index < -0.39 is 8.40 Å². The molecule has 0 fully saturated rings. The molecular weight excluding hydrogens is 268 g/mol. The summed E-state index contributed by atoms with van der Waals surface area (Å²) in [6.07, 6.45) is 0. The molecule has 0 atom stereocenters. The first-order valence-corrected chi connectivity index (χ1v) is 9.14. The average Bonchev–Trinajstić information content (AvgIpc) is 2.24. The van der Waals surface area contributed by atoms with E-state index in [2.05, 4.69) is 22.2 Å². The van der Waals surface area contributed by atoms with Gasteiger partial charge in [0.15, 0.2) is 10.2 Å². The molecule has 0 aromatic carbocycles. The van der Waals surface area contributed by atoms with Gasteiger partial charge in [-0.2, -0.15) is 0 Å². The Kier molecular flexibility index (Phi) is 5.83. The summed E-state index contributed by atoms with van der Waals surface area (Å²) in [4.78, 5) is 3.91. The summed E-state index contributed by atoms with van der Waals surface area (Å²) in [6.45, 7) is 4.47. The molecule has 0 aromatic heterocycles. The maximum atomic E-state index is 5.42. The summed E-state index contributed by atoms with van der Waals surface area (Å²) >= 11 is 10.8. The van der Waals surface area contributed by atoms with E-state index in [1.54, 1.807) is 0 Å². The van der Waals surface area contributed by atoms with Gasteiger partial charge in [-0.25, -0.2) is 0 Å². The fourth-order valence-electron chi connectivity index (χ4n) is 1.29. The van der Waals surface area contributed by atoms with Crippen LogP contribution in [-0.4, -0.2) is 79.8 Å². The minimum absolute atomic E-state index is 0.843. The summed E-state index contributed by atoms with van der Waals surface area (Å²) in [7, 11) is 10.1. The van der Waals surface area contributed by atoms with E-state index in [0.29, 0.717) is 0 Å². The zero-order chi connectivity index (χ0) is 14.0. The van der Waals surface area contributed by atoms with Gasteiger partial charge < -0.3 is 18.9 Å². The molecule has 100 valence electrons. The Balaban J connectivity index is 5.00. The van der Waals surface area contributed by atoms with Crippen LogP contribution in [0.2, 0.25) is 13.1 Å². The van der Waals surface area contributed by atoms with Crippen LogP contribution in [0, 0.1) is 0 Å². The van der Waals surface area contributed by atoms with Crippen molar-refractivity contribution in [2.45, 2.75) is 13.1 Å². The molecule has 0 bridgehead atoms. The number of hydrogen-bond donors (Lipinski definition) is 0. The fourth-order valence-corrected chi connectivity index (χ4v) is 4.42. The molecule has 7 heteroatoms. The third kappa shape index (κ3) is 3.79. The van der Waals surface area contributed by atoms with Crippen LogP contribution in [-0.2, 0) is 0 Å². The Morgan fingerprint density at radius 1 is 0.706 bits per heavy atom. The van der Waals surface area contributed by atoms with Crippen molar-refractivity contribution in [2.75, 3.05) is 42.3 Å². The lowest BCUT2D eigenvalue weighted by Gasteiger charge is -2.45. The molecule has 0 radical (unpaired) electrons. The first-order valence-electron chi connectivity index (χ1n) is 5.43. The Morgan fingerprint density at radius 2 is 0.941 bits per heavy atom. The summed E-state index contributed by atoms with van der Waals surface area (Å²) in [5, 5.41) is 1.69. The molecule has 0 amide bonds. The Hall–Kier alpha value is -0.403. The molecule has 0 saturated carbocycles. The van der Waals surface area contributed by atoms with Crippen LogP contribution in [0.25, 0.3) is 0 Å². The van der Waals surface area contributed by atoms with Gasteiger partial charge in [0, 0.05) is 42.3 Å². The van der Waals surface area contributed by atoms with Gasteiger partial charge >= 0.3 is 0 Å². The van der Waals surface area contributed by atoms with Crippen molar-refractivity contribution in [1.82, 2.24) is 18.9 Å². The van der Waals surface area contributed by atoms with Crippen LogP contribution >= 0.6 is 24.4 Å². The first-order chi connectivity index (χ1) is 7.53. The van der Waals surface area contributed by atoms with Crippen molar-refractivity contribution >= 4 is 43.1 Å². The molecule has 0 spiro atoms. The Morgan fingerprint density at radius 3 is 1.12 bits per heavy atom. The van der Waals surface area contributed by atoms with Gasteiger partial charge in [0.2, 0.25) is 0 Å². The number of hydrogen-bond acceptors (Lipinski definition) is 2. The van der Waals surface area contributed by atoms with Gasteiger partial charge in [-0.05, 0) is 37.5 Å². The van der Waals surface area contributed by atoms with Crippen molar-refractivity contribution in [3.63, 3.8) is 0 Å². The summed E-state index contributed by atoms with van der Waals surface area (Å²) < 4.78 is 4.36. The minimum Gasteiger partial charge on any atom is -0.361 e. The molecule has 0 N–H and O–H groups in total. The van der Waals surface area contributed by atoms with Crippen LogP contribution in [0.5, 0.6) is 0 Å². The summed E-state index contributed by atoms with van der Waals surface area (Å²) in [5.74, 6) is 0. The van der Waals surface area contributed by atoms with Crippen LogP contribution in [0.15, 0.2) is 0 Å². The monoisotopic (exact) mass is 292 g/mol. The molecule has 17 heavy (non-hydrogen) atoms. The van der Waals surface area contributed by atoms with Gasteiger partial charge in [0.1, 0.15) is 0 Å². The van der Waals surface area contributed by atoms with Gasteiger partial charge in [-0.3, -0.25) is 0 Å². The van der Waals surface area contributed by atoms with Crippen molar-refractivity contribution in [3.8, 4) is 0 Å². The van der Waals surface area contributed by atoms with E-state index in [1.165, 1.54) is 0 Å².